The van der Waals surface area contributed by atoms with Crippen molar-refractivity contribution >= 4 is 23.0 Å². The number of aromatic amines is 1. The van der Waals surface area contributed by atoms with E-state index in [1.54, 1.807) is 4.57 Å². The van der Waals surface area contributed by atoms with Gasteiger partial charge in [-0.2, -0.15) is 23.1 Å². The Morgan fingerprint density at radius 3 is 2.50 bits per heavy atom. The molecule has 134 valence electrons. The first-order valence-corrected chi connectivity index (χ1v) is 6.76. The summed E-state index contributed by atoms with van der Waals surface area (Å²) in [7, 11) is 1.53. The van der Waals surface area contributed by atoms with E-state index in [1.165, 1.54) is 7.11 Å². The van der Waals surface area contributed by atoms with E-state index in [9.17, 15) is 13.2 Å². The molecule has 2 rings (SSSR count). The number of alkyl halides is 3. The highest BCUT2D eigenvalue weighted by atomic mass is 19.4. The number of ether oxygens (including phenoxy) is 1. The number of methoxy groups -OCH3 is 1. The summed E-state index contributed by atoms with van der Waals surface area (Å²) in [6, 6.07) is 0.379. The van der Waals surface area contributed by atoms with Gasteiger partial charge in [-0.3, -0.25) is 9.98 Å². The molecule has 0 saturated carbocycles. The number of unbranched alkanes of at least 4 members (excludes halogenated alkanes) is 1. The number of aryl methyl sites for hydroxylation is 1. The second-order valence-electron chi connectivity index (χ2n) is 4.57. The predicted molar refractivity (Wildman–Crippen MR) is 77.3 cm³/mol. The van der Waals surface area contributed by atoms with Gasteiger partial charge in [-0.25, -0.2) is 4.79 Å². The van der Waals surface area contributed by atoms with Crippen molar-refractivity contribution in [2.24, 2.45) is 0 Å². The van der Waals surface area contributed by atoms with Crippen LogP contribution in [0.15, 0.2) is 0 Å². The van der Waals surface area contributed by atoms with E-state index in [2.05, 4.69) is 21.9 Å². The van der Waals surface area contributed by atoms with Crippen LogP contribution in [0.3, 0.4) is 0 Å². The molecule has 0 amide bonds. The number of nitrogens with two attached hydrogens (primary N) is 1. The molecular formula is C12H17F3N6O3. The minimum absolute atomic E-state index is 0.123. The normalized spacial score (nSPS) is 11.0. The summed E-state index contributed by atoms with van der Waals surface area (Å²) < 4.78 is 38.5. The van der Waals surface area contributed by atoms with Crippen LogP contribution < -0.4 is 16.1 Å². The summed E-state index contributed by atoms with van der Waals surface area (Å²) in [6.45, 7) is 2.80. The minimum atomic E-state index is -5.08. The zero-order valence-electron chi connectivity index (χ0n) is 12.9. The highest BCUT2D eigenvalue weighted by Crippen LogP contribution is 2.18. The molecular weight excluding hydrogens is 333 g/mol. The van der Waals surface area contributed by atoms with Crippen LogP contribution in [0.1, 0.15) is 19.8 Å². The molecule has 12 heteroatoms. The molecule has 0 radical (unpaired) electrons. The molecule has 0 bridgehead atoms. The molecule has 0 unspecified atom stereocenters. The number of anilines is 1. The number of H-pyrrole nitrogens is 1. The van der Waals surface area contributed by atoms with Crippen molar-refractivity contribution in [1.82, 2.24) is 19.5 Å². The fourth-order valence-corrected chi connectivity index (χ4v) is 1.67. The second-order valence-corrected chi connectivity index (χ2v) is 4.57. The molecule has 0 spiro atoms. The first-order valence-electron chi connectivity index (χ1n) is 6.76. The van der Waals surface area contributed by atoms with E-state index in [4.69, 9.17) is 25.8 Å². The summed E-state index contributed by atoms with van der Waals surface area (Å²) in [5.41, 5.74) is 7.11. The van der Waals surface area contributed by atoms with Gasteiger partial charge in [-0.1, -0.05) is 13.3 Å². The molecule has 2 aromatic heterocycles. The van der Waals surface area contributed by atoms with Crippen molar-refractivity contribution in [3.63, 3.8) is 0 Å². The van der Waals surface area contributed by atoms with Crippen LogP contribution in [0.5, 0.6) is 6.01 Å². The van der Waals surface area contributed by atoms with Crippen LogP contribution in [-0.4, -0.2) is 43.9 Å². The number of imidazole rings is 1. The van der Waals surface area contributed by atoms with Gasteiger partial charge in [0.2, 0.25) is 5.62 Å². The Morgan fingerprint density at radius 1 is 1.46 bits per heavy atom. The third-order valence-electron chi connectivity index (χ3n) is 2.83. The third kappa shape index (κ3) is 4.60. The number of hydrogen-bond acceptors (Lipinski definition) is 6. The number of halogens is 3. The standard InChI is InChI=1S/C10H16N6O.C2HF3O2/c1-3-4-5-16-8-6(7(11)14-9(16)12)13-10(15-8)17-2;3-2(4,5)1(6)7/h3-5H2,1-2H3,(H,13,15)(H3,11,12,14);(H,6,7). The minimum Gasteiger partial charge on any atom is -0.475 e. The average molecular weight is 350 g/mol. The maximum absolute atomic E-state index is 10.6. The Labute approximate surface area is 133 Å². The molecule has 0 aliphatic rings. The number of carboxylic acid groups (broad SMARTS) is 1. The molecule has 0 fully saturated rings. The van der Waals surface area contributed by atoms with Gasteiger partial charge in [-0.15, -0.1) is 0 Å². The van der Waals surface area contributed by atoms with Crippen LogP contribution in [0.2, 0.25) is 0 Å². The predicted octanol–water partition coefficient (Wildman–Crippen LogP) is 1.26. The zero-order valence-corrected chi connectivity index (χ0v) is 12.9. The number of carboxylic acids is 1. The summed E-state index contributed by atoms with van der Waals surface area (Å²) in [6.07, 6.45) is -3.08. The Balaban J connectivity index is 0.000000351. The largest absolute Gasteiger partial charge is 0.490 e. The quantitative estimate of drug-likeness (QED) is 0.654. The number of aromatic nitrogens is 4. The van der Waals surface area contributed by atoms with Gasteiger partial charge in [0.25, 0.3) is 6.01 Å². The van der Waals surface area contributed by atoms with Crippen molar-refractivity contribution in [1.29, 1.82) is 5.41 Å². The number of rotatable bonds is 4. The fourth-order valence-electron chi connectivity index (χ4n) is 1.67. The number of nitrogens with zero attached hydrogens (tertiary/aromatic N) is 3. The van der Waals surface area contributed by atoms with Crippen LogP contribution in [0, 0.1) is 5.41 Å². The van der Waals surface area contributed by atoms with Gasteiger partial charge < -0.3 is 20.6 Å². The molecule has 0 atom stereocenters. The number of nitrogens with one attached hydrogen (secondary N) is 2. The lowest BCUT2D eigenvalue weighted by molar-refractivity contribution is -0.192. The first-order chi connectivity index (χ1) is 11.1. The van der Waals surface area contributed by atoms with Crippen LogP contribution in [0.25, 0.3) is 11.2 Å². The van der Waals surface area contributed by atoms with Crippen molar-refractivity contribution in [2.75, 3.05) is 12.8 Å². The van der Waals surface area contributed by atoms with Crippen molar-refractivity contribution < 1.29 is 27.8 Å². The van der Waals surface area contributed by atoms with Gasteiger partial charge in [0, 0.05) is 6.54 Å². The number of hydrogen-bond donors (Lipinski definition) is 4. The Hall–Kier alpha value is -2.79. The average Bonchev–Trinajstić information content (AvgIpc) is 2.91. The molecule has 24 heavy (non-hydrogen) atoms. The highest BCUT2D eigenvalue weighted by molar-refractivity contribution is 5.82. The van der Waals surface area contributed by atoms with E-state index >= 15 is 0 Å². The molecule has 9 nitrogen and oxygen atoms in total. The Morgan fingerprint density at radius 2 is 2.04 bits per heavy atom. The van der Waals surface area contributed by atoms with E-state index < -0.39 is 12.1 Å². The van der Waals surface area contributed by atoms with E-state index in [0.29, 0.717) is 23.7 Å². The van der Waals surface area contributed by atoms with Crippen molar-refractivity contribution in [3.8, 4) is 6.01 Å². The first kappa shape index (κ1) is 19.3. The number of nitrogen functional groups attached to an aromatic ring is 1. The SMILES string of the molecule is CCCCn1c(=N)nc(N)c2[nH]c(OC)nc21.O=C(O)C(F)(F)F. The van der Waals surface area contributed by atoms with E-state index in [-0.39, 0.29) is 11.4 Å². The maximum atomic E-state index is 10.6. The van der Waals surface area contributed by atoms with Crippen molar-refractivity contribution in [3.05, 3.63) is 5.62 Å². The van der Waals surface area contributed by atoms with E-state index in [1.807, 2.05) is 0 Å². The van der Waals surface area contributed by atoms with Gasteiger partial charge in [0.15, 0.2) is 11.5 Å². The summed E-state index contributed by atoms with van der Waals surface area (Å²) >= 11 is 0. The number of carbonyl (C=O) groups is 1. The molecule has 0 aliphatic heterocycles. The van der Waals surface area contributed by atoms with Gasteiger partial charge in [0.1, 0.15) is 5.52 Å². The second kappa shape index (κ2) is 7.66. The van der Waals surface area contributed by atoms with Crippen LogP contribution >= 0.6 is 0 Å². The molecule has 0 aliphatic carbocycles. The van der Waals surface area contributed by atoms with Crippen LogP contribution in [0.4, 0.5) is 19.0 Å². The summed E-state index contributed by atoms with van der Waals surface area (Å²) in [5.74, 6) is -2.49. The maximum Gasteiger partial charge on any atom is 0.490 e. The lowest BCUT2D eigenvalue weighted by atomic mass is 10.3. The lowest BCUT2D eigenvalue weighted by Crippen LogP contribution is -2.25. The van der Waals surface area contributed by atoms with Gasteiger partial charge >= 0.3 is 12.1 Å². The monoisotopic (exact) mass is 350 g/mol. The van der Waals surface area contributed by atoms with Gasteiger partial charge in [0.05, 0.1) is 7.11 Å². The third-order valence-corrected chi connectivity index (χ3v) is 2.83. The zero-order chi connectivity index (χ0) is 18.5. The fraction of sp³-hybridized carbons (Fsp3) is 0.500. The molecule has 2 aromatic rings. The molecule has 0 aromatic carbocycles. The highest BCUT2D eigenvalue weighted by Gasteiger charge is 2.38. The summed E-state index contributed by atoms with van der Waals surface area (Å²) in [5, 5.41) is 14.9. The summed E-state index contributed by atoms with van der Waals surface area (Å²) in [4.78, 5) is 20.1. The smallest absolute Gasteiger partial charge is 0.475 e. The number of aliphatic carboxylic acids is 1. The molecule has 5 N–H and O–H groups in total. The van der Waals surface area contributed by atoms with E-state index in [0.717, 1.165) is 12.8 Å². The topological polar surface area (TPSA) is 143 Å². The Kier molecular flexibility index (Phi) is 6.14. The van der Waals surface area contributed by atoms with Crippen molar-refractivity contribution in [2.45, 2.75) is 32.5 Å². The van der Waals surface area contributed by atoms with Crippen LogP contribution in [-0.2, 0) is 11.3 Å². The Bertz CT molecular complexity index is 768. The molecule has 0 saturated heterocycles. The van der Waals surface area contributed by atoms with Gasteiger partial charge in [-0.05, 0) is 6.42 Å². The number of fused-ring (bicyclic) bond motifs is 1. The molecule has 2 heterocycles. The lowest BCUT2D eigenvalue weighted by Gasteiger charge is -2.06.